The number of hydrogen-bond acceptors (Lipinski definition) is 6. The van der Waals surface area contributed by atoms with Gasteiger partial charge in [-0.25, -0.2) is 0 Å². The van der Waals surface area contributed by atoms with Gasteiger partial charge in [0, 0.05) is 6.04 Å². The van der Waals surface area contributed by atoms with Crippen LogP contribution in [0.2, 0.25) is 0 Å². The number of fused-ring (bicyclic) bond motifs is 1. The molecule has 0 amide bonds. The molecule has 1 N–H and O–H groups in total. The van der Waals surface area contributed by atoms with Crippen LogP contribution in [0.1, 0.15) is 36.7 Å². The lowest BCUT2D eigenvalue weighted by molar-refractivity contribution is 0.147. The molecule has 2 saturated heterocycles. The maximum atomic E-state index is 4.65. The fourth-order valence-electron chi connectivity index (χ4n) is 3.34. The Morgan fingerprint density at radius 3 is 3.00 bits per heavy atom. The number of nitrogens with one attached hydrogen (secondary N) is 1. The van der Waals surface area contributed by atoms with Crippen molar-refractivity contribution in [1.29, 1.82) is 0 Å². The van der Waals surface area contributed by atoms with Crippen molar-refractivity contribution in [3.05, 3.63) is 11.3 Å². The van der Waals surface area contributed by atoms with E-state index in [0.29, 0.717) is 6.04 Å². The van der Waals surface area contributed by atoms with Crippen LogP contribution in [0.15, 0.2) is 6.33 Å². The number of rotatable bonds is 2. The van der Waals surface area contributed by atoms with Crippen molar-refractivity contribution in [2.45, 2.75) is 37.8 Å². The van der Waals surface area contributed by atoms with Crippen LogP contribution < -0.4 is 5.32 Å². The molecule has 0 aromatic carbocycles. The molecule has 2 fully saturated rings. The Morgan fingerprint density at radius 2 is 2.16 bits per heavy atom. The predicted octanol–water partition coefficient (Wildman–Crippen LogP) is 1.07. The molecule has 102 valence electrons. The maximum Gasteiger partial charge on any atom is 0.234 e. The third kappa shape index (κ3) is 2.05. The van der Waals surface area contributed by atoms with Gasteiger partial charge in [0.1, 0.15) is 11.3 Å². The van der Waals surface area contributed by atoms with E-state index in [0.717, 1.165) is 24.1 Å². The average molecular weight is 278 g/mol. The van der Waals surface area contributed by atoms with Gasteiger partial charge in [-0.2, -0.15) is 9.61 Å². The summed E-state index contributed by atoms with van der Waals surface area (Å²) in [6.45, 7) is 3.52. The summed E-state index contributed by atoms with van der Waals surface area (Å²) < 4.78 is 1.80. The molecule has 1 unspecified atom stereocenters. The van der Waals surface area contributed by atoms with E-state index in [2.05, 4.69) is 25.5 Å². The van der Waals surface area contributed by atoms with Gasteiger partial charge in [0.25, 0.3) is 0 Å². The highest BCUT2D eigenvalue weighted by Crippen LogP contribution is 2.37. The molecule has 0 bridgehead atoms. The van der Waals surface area contributed by atoms with Crippen molar-refractivity contribution in [3.8, 4) is 0 Å². The summed E-state index contributed by atoms with van der Waals surface area (Å²) in [7, 11) is 0. The minimum absolute atomic E-state index is 0.495. The van der Waals surface area contributed by atoms with Gasteiger partial charge in [0.2, 0.25) is 4.96 Å². The summed E-state index contributed by atoms with van der Waals surface area (Å²) >= 11 is 1.69. The van der Waals surface area contributed by atoms with Crippen LogP contribution in [0.3, 0.4) is 0 Å². The normalized spacial score (nSPS) is 26.4. The Kier molecular flexibility index (Phi) is 2.97. The van der Waals surface area contributed by atoms with E-state index in [1.165, 1.54) is 37.2 Å². The van der Waals surface area contributed by atoms with Gasteiger partial charge in [0.05, 0.1) is 6.04 Å². The van der Waals surface area contributed by atoms with Gasteiger partial charge in [0.15, 0.2) is 0 Å². The maximum absolute atomic E-state index is 4.65. The highest BCUT2D eigenvalue weighted by molar-refractivity contribution is 7.16. The van der Waals surface area contributed by atoms with E-state index in [9.17, 15) is 0 Å². The predicted molar refractivity (Wildman–Crippen MR) is 73.2 cm³/mol. The first-order valence-electron chi connectivity index (χ1n) is 7.05. The largest absolute Gasteiger partial charge is 0.317 e. The fourth-order valence-corrected chi connectivity index (χ4v) is 4.31. The Labute approximate surface area is 115 Å². The molecule has 2 aromatic heterocycles. The van der Waals surface area contributed by atoms with Gasteiger partial charge >= 0.3 is 0 Å². The van der Waals surface area contributed by atoms with Crippen LogP contribution in [0.25, 0.3) is 4.96 Å². The molecule has 2 aliphatic rings. The molecule has 6 nitrogen and oxygen atoms in total. The Bertz CT molecular complexity index is 529. The number of piperidine rings is 1. The number of likely N-dealkylation sites (tertiary alicyclic amines) is 1. The van der Waals surface area contributed by atoms with Crippen molar-refractivity contribution in [3.63, 3.8) is 0 Å². The highest BCUT2D eigenvalue weighted by Gasteiger charge is 2.34. The Hall–Kier alpha value is -1.05. The molecule has 0 spiro atoms. The lowest BCUT2D eigenvalue weighted by Crippen LogP contribution is -2.42. The number of aromatic nitrogens is 4. The van der Waals surface area contributed by atoms with Crippen LogP contribution in [0, 0.1) is 0 Å². The van der Waals surface area contributed by atoms with Crippen molar-refractivity contribution < 1.29 is 0 Å². The Morgan fingerprint density at radius 1 is 1.26 bits per heavy atom. The lowest BCUT2D eigenvalue weighted by Gasteiger charge is -2.34. The molecular formula is C12H18N6S. The second-order valence-electron chi connectivity index (χ2n) is 5.38. The summed E-state index contributed by atoms with van der Waals surface area (Å²) in [4.78, 5) is 3.58. The van der Waals surface area contributed by atoms with Gasteiger partial charge in [-0.05, 0) is 45.3 Å². The van der Waals surface area contributed by atoms with Crippen molar-refractivity contribution in [2.24, 2.45) is 0 Å². The third-order valence-electron chi connectivity index (χ3n) is 4.26. The van der Waals surface area contributed by atoms with Crippen LogP contribution in [0.4, 0.5) is 0 Å². The molecule has 4 rings (SSSR count). The minimum Gasteiger partial charge on any atom is -0.317 e. The molecule has 2 aliphatic heterocycles. The van der Waals surface area contributed by atoms with Crippen molar-refractivity contribution in [1.82, 2.24) is 30.0 Å². The standard InChI is InChI=1S/C12H18N6S/c1-2-10(11-16-18-8-14-15-12(18)19-11)17(7-1)9-3-5-13-6-4-9/h8-10,13H,1-7H2. The van der Waals surface area contributed by atoms with E-state index in [1.54, 1.807) is 22.2 Å². The molecule has 2 aromatic rings. The highest BCUT2D eigenvalue weighted by atomic mass is 32.1. The van der Waals surface area contributed by atoms with Crippen LogP contribution in [-0.4, -0.2) is 50.4 Å². The first kappa shape index (κ1) is 11.7. The summed E-state index contributed by atoms with van der Waals surface area (Å²) in [5.41, 5.74) is 0. The second kappa shape index (κ2) is 4.81. The minimum atomic E-state index is 0.495. The van der Waals surface area contributed by atoms with Crippen molar-refractivity contribution in [2.75, 3.05) is 19.6 Å². The van der Waals surface area contributed by atoms with E-state index < -0.39 is 0 Å². The zero-order valence-electron chi connectivity index (χ0n) is 10.8. The fraction of sp³-hybridized carbons (Fsp3) is 0.750. The van der Waals surface area contributed by atoms with Gasteiger partial charge < -0.3 is 5.32 Å². The van der Waals surface area contributed by atoms with E-state index in [1.807, 2.05) is 0 Å². The lowest BCUT2D eigenvalue weighted by atomic mass is 10.0. The SMILES string of the molecule is c1nnc2sc(C3CCCN3C3CCNCC3)nn12. The molecule has 0 radical (unpaired) electrons. The van der Waals surface area contributed by atoms with Gasteiger partial charge in [-0.3, -0.25) is 4.90 Å². The van der Waals surface area contributed by atoms with E-state index in [-0.39, 0.29) is 0 Å². The summed E-state index contributed by atoms with van der Waals surface area (Å²) in [6.07, 6.45) is 6.74. The van der Waals surface area contributed by atoms with E-state index in [4.69, 9.17) is 0 Å². The molecule has 0 aliphatic carbocycles. The zero-order chi connectivity index (χ0) is 12.7. The van der Waals surface area contributed by atoms with Gasteiger partial charge in [-0.1, -0.05) is 11.3 Å². The molecule has 19 heavy (non-hydrogen) atoms. The first-order chi connectivity index (χ1) is 9.42. The van der Waals surface area contributed by atoms with Crippen molar-refractivity contribution >= 4 is 16.3 Å². The quantitative estimate of drug-likeness (QED) is 0.890. The van der Waals surface area contributed by atoms with Crippen LogP contribution in [0.5, 0.6) is 0 Å². The molecule has 0 saturated carbocycles. The molecule has 4 heterocycles. The second-order valence-corrected chi connectivity index (χ2v) is 6.36. The average Bonchev–Trinajstić information content (AvgIpc) is 3.14. The van der Waals surface area contributed by atoms with Crippen LogP contribution >= 0.6 is 11.3 Å². The van der Waals surface area contributed by atoms with Crippen LogP contribution in [-0.2, 0) is 0 Å². The summed E-state index contributed by atoms with van der Waals surface area (Å²) in [5.74, 6) is 0. The molecule has 1 atom stereocenters. The zero-order valence-corrected chi connectivity index (χ0v) is 11.6. The van der Waals surface area contributed by atoms with Gasteiger partial charge in [-0.15, -0.1) is 10.2 Å². The third-order valence-corrected chi connectivity index (χ3v) is 5.27. The topological polar surface area (TPSA) is 58.4 Å². The van der Waals surface area contributed by atoms with E-state index >= 15 is 0 Å². The summed E-state index contributed by atoms with van der Waals surface area (Å²) in [6, 6.07) is 1.22. The molecular weight excluding hydrogens is 260 g/mol. The number of nitrogens with zero attached hydrogens (tertiary/aromatic N) is 5. The Balaban J connectivity index is 1.60. The summed E-state index contributed by atoms with van der Waals surface area (Å²) in [5, 5.41) is 17.3. The smallest absolute Gasteiger partial charge is 0.234 e. The number of hydrogen-bond donors (Lipinski definition) is 1. The monoisotopic (exact) mass is 278 g/mol. The first-order valence-corrected chi connectivity index (χ1v) is 7.87. The molecule has 7 heteroatoms.